The number of methoxy groups -OCH3 is 1. The van der Waals surface area contributed by atoms with Gasteiger partial charge in [-0.15, -0.1) is 11.3 Å². The average Bonchev–Trinajstić information content (AvgIpc) is 3.47. The minimum Gasteiger partial charge on any atom is -0.459 e. The molecule has 0 spiro atoms. The fraction of sp³-hybridized carbons (Fsp3) is 0.304. The summed E-state index contributed by atoms with van der Waals surface area (Å²) in [5.41, 5.74) is 1.86. The topological polar surface area (TPSA) is 63.0 Å². The number of amides is 2. The Labute approximate surface area is 200 Å². The number of furan rings is 1. The van der Waals surface area contributed by atoms with E-state index in [1.807, 2.05) is 17.5 Å². The molecule has 3 aromatic rings. The van der Waals surface area contributed by atoms with Crippen molar-refractivity contribution in [2.24, 2.45) is 0 Å². The van der Waals surface area contributed by atoms with Gasteiger partial charge in [-0.1, -0.05) is 29.3 Å². The lowest BCUT2D eigenvalue weighted by molar-refractivity contribution is -0.134. The second-order valence-corrected chi connectivity index (χ2v) is 9.25. The van der Waals surface area contributed by atoms with Gasteiger partial charge in [-0.2, -0.15) is 0 Å². The molecule has 0 N–H and O–H groups in total. The molecule has 32 heavy (non-hydrogen) atoms. The van der Waals surface area contributed by atoms with Gasteiger partial charge in [0.25, 0.3) is 5.91 Å². The zero-order chi connectivity index (χ0) is 22.7. The molecule has 2 aromatic heterocycles. The minimum absolute atomic E-state index is 0.0932. The molecule has 2 amide bonds. The van der Waals surface area contributed by atoms with Gasteiger partial charge in [-0.3, -0.25) is 9.59 Å². The third-order valence-electron chi connectivity index (χ3n) is 5.45. The van der Waals surface area contributed by atoms with Gasteiger partial charge in [-0.25, -0.2) is 0 Å². The molecule has 0 saturated heterocycles. The molecule has 9 heteroatoms. The van der Waals surface area contributed by atoms with Crippen LogP contribution in [0.1, 0.15) is 32.6 Å². The summed E-state index contributed by atoms with van der Waals surface area (Å²) in [7, 11) is 1.55. The van der Waals surface area contributed by atoms with E-state index in [1.165, 1.54) is 16.0 Å². The molecule has 0 radical (unpaired) electrons. The molecule has 3 heterocycles. The molecular weight excluding hydrogens is 471 g/mol. The van der Waals surface area contributed by atoms with Crippen molar-refractivity contribution < 1.29 is 18.7 Å². The SMILES string of the molecule is COCCN(CC(=O)N1CCc2sccc2C1c1ccc(Cl)cc1Cl)C(=O)c1ccco1. The number of nitrogens with zero attached hydrogens (tertiary/aromatic N) is 2. The molecule has 0 aliphatic carbocycles. The summed E-state index contributed by atoms with van der Waals surface area (Å²) < 4.78 is 10.4. The van der Waals surface area contributed by atoms with E-state index in [1.54, 1.807) is 47.6 Å². The fourth-order valence-electron chi connectivity index (χ4n) is 3.91. The third kappa shape index (κ3) is 4.71. The molecule has 0 bridgehead atoms. The van der Waals surface area contributed by atoms with Crippen LogP contribution in [-0.2, 0) is 16.0 Å². The Bertz CT molecular complexity index is 1100. The predicted octanol–water partition coefficient (Wildman–Crippen LogP) is 4.91. The molecule has 6 nitrogen and oxygen atoms in total. The quantitative estimate of drug-likeness (QED) is 0.469. The van der Waals surface area contributed by atoms with Gasteiger partial charge in [-0.05, 0) is 53.3 Å². The maximum atomic E-state index is 13.5. The minimum atomic E-state index is -0.352. The molecule has 1 aliphatic heterocycles. The Hall–Kier alpha value is -2.32. The predicted molar refractivity (Wildman–Crippen MR) is 125 cm³/mol. The van der Waals surface area contributed by atoms with Gasteiger partial charge in [0.1, 0.15) is 6.54 Å². The van der Waals surface area contributed by atoms with Crippen LogP contribution >= 0.6 is 34.5 Å². The first-order valence-corrected chi connectivity index (χ1v) is 11.8. The lowest BCUT2D eigenvalue weighted by Gasteiger charge is -2.38. The number of ether oxygens (including phenoxy) is 1. The number of fused-ring (bicyclic) bond motifs is 1. The first kappa shape index (κ1) is 22.9. The Morgan fingerprint density at radius 3 is 2.81 bits per heavy atom. The van der Waals surface area contributed by atoms with Crippen molar-refractivity contribution in [3.63, 3.8) is 0 Å². The van der Waals surface area contributed by atoms with Crippen molar-refractivity contribution in [3.8, 4) is 0 Å². The first-order chi connectivity index (χ1) is 15.5. The van der Waals surface area contributed by atoms with Gasteiger partial charge in [0.2, 0.25) is 5.91 Å². The molecule has 168 valence electrons. The highest BCUT2D eigenvalue weighted by Crippen LogP contribution is 2.41. The van der Waals surface area contributed by atoms with Crippen LogP contribution in [-0.4, -0.2) is 55.0 Å². The highest BCUT2D eigenvalue weighted by Gasteiger charge is 2.35. The summed E-state index contributed by atoms with van der Waals surface area (Å²) in [5.74, 6) is -0.339. The number of hydrogen-bond acceptors (Lipinski definition) is 5. The zero-order valence-electron chi connectivity index (χ0n) is 17.4. The lowest BCUT2D eigenvalue weighted by Crippen LogP contribution is -2.47. The first-order valence-electron chi connectivity index (χ1n) is 10.1. The van der Waals surface area contributed by atoms with Gasteiger partial charge in [0.15, 0.2) is 5.76 Å². The average molecular weight is 493 g/mol. The summed E-state index contributed by atoms with van der Waals surface area (Å²) in [6, 6.07) is 10.2. The van der Waals surface area contributed by atoms with Crippen molar-refractivity contribution in [1.82, 2.24) is 9.80 Å². The molecule has 0 fully saturated rings. The Balaban J connectivity index is 1.63. The van der Waals surface area contributed by atoms with Crippen molar-refractivity contribution in [2.45, 2.75) is 12.5 Å². The highest BCUT2D eigenvalue weighted by atomic mass is 35.5. The van der Waals surface area contributed by atoms with Crippen LogP contribution in [0.5, 0.6) is 0 Å². The number of rotatable bonds is 7. The van der Waals surface area contributed by atoms with Crippen molar-refractivity contribution in [1.29, 1.82) is 0 Å². The van der Waals surface area contributed by atoms with Crippen LogP contribution in [0.15, 0.2) is 52.5 Å². The number of benzene rings is 1. The second kappa shape index (κ2) is 10.1. The van der Waals surface area contributed by atoms with Crippen LogP contribution in [0.4, 0.5) is 0 Å². The smallest absolute Gasteiger partial charge is 0.290 e. The molecular formula is C23H22Cl2N2O4S. The fourth-order valence-corrected chi connectivity index (χ4v) is 5.32. The molecule has 0 saturated carbocycles. The number of carbonyl (C=O) groups excluding carboxylic acids is 2. The van der Waals surface area contributed by atoms with Crippen LogP contribution in [0.25, 0.3) is 0 Å². The van der Waals surface area contributed by atoms with E-state index < -0.39 is 0 Å². The van der Waals surface area contributed by atoms with E-state index in [0.717, 1.165) is 17.5 Å². The molecule has 1 aromatic carbocycles. The van der Waals surface area contributed by atoms with Gasteiger partial charge >= 0.3 is 0 Å². The Morgan fingerprint density at radius 2 is 2.09 bits per heavy atom. The van der Waals surface area contributed by atoms with Crippen LogP contribution < -0.4 is 0 Å². The summed E-state index contributed by atoms with van der Waals surface area (Å²) >= 11 is 14.3. The summed E-state index contributed by atoms with van der Waals surface area (Å²) in [6.07, 6.45) is 2.19. The Morgan fingerprint density at radius 1 is 1.25 bits per heavy atom. The second-order valence-electron chi connectivity index (χ2n) is 7.40. The number of thiophene rings is 1. The maximum Gasteiger partial charge on any atom is 0.290 e. The van der Waals surface area contributed by atoms with Crippen LogP contribution in [0.2, 0.25) is 10.0 Å². The van der Waals surface area contributed by atoms with E-state index in [-0.39, 0.29) is 36.7 Å². The summed E-state index contributed by atoms with van der Waals surface area (Å²) in [4.78, 5) is 30.9. The largest absolute Gasteiger partial charge is 0.459 e. The number of halogens is 2. The van der Waals surface area contributed by atoms with Gasteiger partial charge < -0.3 is 19.0 Å². The summed E-state index contributed by atoms with van der Waals surface area (Å²) in [6.45, 7) is 1.01. The van der Waals surface area contributed by atoms with E-state index in [2.05, 4.69) is 0 Å². The van der Waals surface area contributed by atoms with Gasteiger partial charge in [0.05, 0.1) is 18.9 Å². The summed E-state index contributed by atoms with van der Waals surface area (Å²) in [5, 5.41) is 3.07. The number of carbonyl (C=O) groups is 2. The van der Waals surface area contributed by atoms with Crippen LogP contribution in [0, 0.1) is 0 Å². The van der Waals surface area contributed by atoms with Gasteiger partial charge in [0, 0.05) is 35.1 Å². The molecule has 1 atom stereocenters. The third-order valence-corrected chi connectivity index (χ3v) is 7.01. The normalized spacial score (nSPS) is 15.5. The molecule has 1 aliphatic rings. The Kier molecular flexibility index (Phi) is 7.20. The maximum absolute atomic E-state index is 13.5. The number of hydrogen-bond donors (Lipinski definition) is 0. The molecule has 1 unspecified atom stereocenters. The van der Waals surface area contributed by atoms with E-state index in [4.69, 9.17) is 32.4 Å². The lowest BCUT2D eigenvalue weighted by atomic mass is 9.93. The zero-order valence-corrected chi connectivity index (χ0v) is 19.8. The van der Waals surface area contributed by atoms with E-state index in [0.29, 0.717) is 23.2 Å². The van der Waals surface area contributed by atoms with E-state index in [9.17, 15) is 9.59 Å². The van der Waals surface area contributed by atoms with Crippen LogP contribution in [0.3, 0.4) is 0 Å². The van der Waals surface area contributed by atoms with E-state index >= 15 is 0 Å². The molecule has 4 rings (SSSR count). The standard InChI is InChI=1S/C23H22Cl2N2O4S/c1-30-11-9-26(23(29)19-3-2-10-31-19)14-21(28)27-8-6-20-17(7-12-32-20)22(27)16-5-4-15(24)13-18(16)25/h2-5,7,10,12-13,22H,6,8-9,11,14H2,1H3. The monoisotopic (exact) mass is 492 g/mol. The van der Waals surface area contributed by atoms with Crippen molar-refractivity contribution in [3.05, 3.63) is 79.9 Å². The van der Waals surface area contributed by atoms with Crippen molar-refractivity contribution >= 4 is 46.4 Å². The highest BCUT2D eigenvalue weighted by molar-refractivity contribution is 7.10. The van der Waals surface area contributed by atoms with Crippen molar-refractivity contribution in [2.75, 3.05) is 33.4 Å².